The van der Waals surface area contributed by atoms with Crippen LogP contribution in [-0.2, 0) is 0 Å². The highest BCUT2D eigenvalue weighted by Crippen LogP contribution is 2.39. The molecule has 3 N–H and O–H groups in total. The molecule has 3 rings (SSSR count). The van der Waals surface area contributed by atoms with Crippen LogP contribution in [0.4, 0.5) is 0 Å². The number of nitrogens with zero attached hydrogens (tertiary/aromatic N) is 1. The summed E-state index contributed by atoms with van der Waals surface area (Å²) in [4.78, 5) is 24.9. The molecular weight excluding hydrogens is 376 g/mol. The standard InChI is InChI=1S/C20H20N4O5/c1-27-16-10-9-13(17(28-2)18(16)29-3)19(25)23-24-20(26)15-11-14(21-22-15)12-7-5-4-6-8-12/h4-11H,1-3H3,(H,21,22)(H,23,25)(H,24,26). The summed E-state index contributed by atoms with van der Waals surface area (Å²) < 4.78 is 15.7. The van der Waals surface area contributed by atoms with Crippen LogP contribution in [-0.4, -0.2) is 43.3 Å². The summed E-state index contributed by atoms with van der Waals surface area (Å²) in [5.41, 5.74) is 6.53. The number of ether oxygens (including phenoxy) is 3. The second-order valence-electron chi connectivity index (χ2n) is 5.82. The van der Waals surface area contributed by atoms with Crippen LogP contribution in [0, 0.1) is 0 Å². The molecule has 0 fully saturated rings. The van der Waals surface area contributed by atoms with Gasteiger partial charge in [0.1, 0.15) is 5.69 Å². The predicted octanol–water partition coefficient (Wildman–Crippen LogP) is 2.18. The maximum Gasteiger partial charge on any atom is 0.287 e. The van der Waals surface area contributed by atoms with E-state index in [1.165, 1.54) is 27.4 Å². The molecule has 3 aromatic rings. The van der Waals surface area contributed by atoms with Crippen LogP contribution in [0.2, 0.25) is 0 Å². The highest BCUT2D eigenvalue weighted by atomic mass is 16.5. The average Bonchev–Trinajstić information content (AvgIpc) is 3.27. The Morgan fingerprint density at radius 3 is 2.21 bits per heavy atom. The molecule has 0 spiro atoms. The summed E-state index contributed by atoms with van der Waals surface area (Å²) in [7, 11) is 4.32. The number of rotatable bonds is 6. The molecule has 0 aliphatic heterocycles. The number of nitrogens with one attached hydrogen (secondary N) is 3. The van der Waals surface area contributed by atoms with Crippen LogP contribution in [0.25, 0.3) is 11.3 Å². The van der Waals surface area contributed by atoms with E-state index in [9.17, 15) is 9.59 Å². The van der Waals surface area contributed by atoms with Crippen molar-refractivity contribution in [2.24, 2.45) is 0 Å². The molecule has 0 atom stereocenters. The Labute approximate surface area is 167 Å². The highest BCUT2D eigenvalue weighted by molar-refractivity contribution is 6.01. The lowest BCUT2D eigenvalue weighted by molar-refractivity contribution is 0.0842. The number of H-pyrrole nitrogens is 1. The minimum atomic E-state index is -0.584. The maximum atomic E-state index is 12.5. The van der Waals surface area contributed by atoms with Crippen molar-refractivity contribution in [3.8, 4) is 28.5 Å². The number of carbonyl (C=O) groups is 2. The number of hydrogen-bond acceptors (Lipinski definition) is 6. The second-order valence-corrected chi connectivity index (χ2v) is 5.82. The van der Waals surface area contributed by atoms with Gasteiger partial charge in [0.05, 0.1) is 32.6 Å². The number of aromatic amines is 1. The predicted molar refractivity (Wildman–Crippen MR) is 105 cm³/mol. The molecule has 0 unspecified atom stereocenters. The Morgan fingerprint density at radius 1 is 0.862 bits per heavy atom. The van der Waals surface area contributed by atoms with Crippen molar-refractivity contribution >= 4 is 11.8 Å². The van der Waals surface area contributed by atoms with E-state index in [4.69, 9.17) is 14.2 Å². The molecule has 0 saturated heterocycles. The van der Waals surface area contributed by atoms with Crippen molar-refractivity contribution in [3.05, 3.63) is 59.8 Å². The average molecular weight is 396 g/mol. The molecule has 2 aromatic carbocycles. The molecule has 0 aliphatic rings. The fourth-order valence-electron chi connectivity index (χ4n) is 2.72. The summed E-state index contributed by atoms with van der Waals surface area (Å²) in [6.07, 6.45) is 0. The summed E-state index contributed by atoms with van der Waals surface area (Å²) >= 11 is 0. The fourth-order valence-corrected chi connectivity index (χ4v) is 2.72. The quantitative estimate of drug-likeness (QED) is 0.550. The monoisotopic (exact) mass is 396 g/mol. The summed E-state index contributed by atoms with van der Waals surface area (Å²) in [5.74, 6) is -0.260. The third-order valence-corrected chi connectivity index (χ3v) is 4.13. The minimum absolute atomic E-state index is 0.167. The third-order valence-electron chi connectivity index (χ3n) is 4.13. The largest absolute Gasteiger partial charge is 0.493 e. The Balaban J connectivity index is 1.71. The van der Waals surface area contributed by atoms with Gasteiger partial charge in [-0.3, -0.25) is 25.5 Å². The zero-order valence-corrected chi connectivity index (χ0v) is 16.1. The van der Waals surface area contributed by atoms with E-state index in [1.807, 2.05) is 30.3 Å². The first-order valence-corrected chi connectivity index (χ1v) is 8.59. The lowest BCUT2D eigenvalue weighted by Gasteiger charge is -2.15. The van der Waals surface area contributed by atoms with Crippen LogP contribution in [0.15, 0.2) is 48.5 Å². The number of amides is 2. The van der Waals surface area contributed by atoms with Gasteiger partial charge in [0.2, 0.25) is 5.75 Å². The SMILES string of the molecule is COc1ccc(C(=O)NNC(=O)c2cc(-c3ccccc3)n[nH]2)c(OC)c1OC. The van der Waals surface area contributed by atoms with E-state index < -0.39 is 11.8 Å². The molecule has 9 nitrogen and oxygen atoms in total. The number of hydrazine groups is 1. The Bertz CT molecular complexity index is 1020. The third kappa shape index (κ3) is 4.13. The Kier molecular flexibility index (Phi) is 5.98. The van der Waals surface area contributed by atoms with Crippen molar-refractivity contribution < 1.29 is 23.8 Å². The number of benzene rings is 2. The molecule has 0 saturated carbocycles. The zero-order chi connectivity index (χ0) is 20.8. The summed E-state index contributed by atoms with van der Waals surface area (Å²) in [5, 5.41) is 6.76. The van der Waals surface area contributed by atoms with Gasteiger partial charge in [-0.15, -0.1) is 0 Å². The van der Waals surface area contributed by atoms with Crippen LogP contribution in [0.1, 0.15) is 20.8 Å². The van der Waals surface area contributed by atoms with E-state index in [-0.39, 0.29) is 22.8 Å². The van der Waals surface area contributed by atoms with Gasteiger partial charge in [-0.25, -0.2) is 0 Å². The van der Waals surface area contributed by atoms with Gasteiger partial charge in [-0.05, 0) is 18.2 Å². The van der Waals surface area contributed by atoms with Gasteiger partial charge in [0.15, 0.2) is 11.5 Å². The number of hydrogen-bond donors (Lipinski definition) is 3. The van der Waals surface area contributed by atoms with Gasteiger partial charge < -0.3 is 14.2 Å². The molecule has 150 valence electrons. The van der Waals surface area contributed by atoms with Crippen molar-refractivity contribution in [2.75, 3.05) is 21.3 Å². The van der Waals surface area contributed by atoms with Crippen molar-refractivity contribution in [3.63, 3.8) is 0 Å². The van der Waals surface area contributed by atoms with Gasteiger partial charge in [-0.1, -0.05) is 30.3 Å². The molecule has 1 aromatic heterocycles. The van der Waals surface area contributed by atoms with E-state index in [0.717, 1.165) is 5.56 Å². The molecule has 9 heteroatoms. The smallest absolute Gasteiger partial charge is 0.287 e. The lowest BCUT2D eigenvalue weighted by atomic mass is 10.1. The van der Waals surface area contributed by atoms with Crippen LogP contribution < -0.4 is 25.1 Å². The minimum Gasteiger partial charge on any atom is -0.493 e. The summed E-state index contributed by atoms with van der Waals surface area (Å²) in [6.45, 7) is 0. The van der Waals surface area contributed by atoms with Crippen molar-refractivity contribution in [1.82, 2.24) is 21.0 Å². The molecular formula is C20H20N4O5. The number of carbonyl (C=O) groups excluding carboxylic acids is 2. The molecule has 0 radical (unpaired) electrons. The first kappa shape index (κ1) is 19.7. The van der Waals surface area contributed by atoms with Gasteiger partial charge >= 0.3 is 0 Å². The van der Waals surface area contributed by atoms with Crippen LogP contribution in [0.5, 0.6) is 17.2 Å². The van der Waals surface area contributed by atoms with E-state index in [1.54, 1.807) is 12.1 Å². The molecule has 1 heterocycles. The molecule has 0 aliphatic carbocycles. The van der Waals surface area contributed by atoms with E-state index >= 15 is 0 Å². The number of aromatic nitrogens is 2. The van der Waals surface area contributed by atoms with Crippen molar-refractivity contribution in [1.29, 1.82) is 0 Å². The second kappa shape index (κ2) is 8.79. The van der Waals surface area contributed by atoms with Gasteiger partial charge in [0, 0.05) is 5.56 Å². The van der Waals surface area contributed by atoms with Crippen molar-refractivity contribution in [2.45, 2.75) is 0 Å². The molecule has 2 amide bonds. The first-order valence-electron chi connectivity index (χ1n) is 8.59. The van der Waals surface area contributed by atoms with Crippen LogP contribution in [0.3, 0.4) is 0 Å². The van der Waals surface area contributed by atoms with Gasteiger partial charge in [-0.2, -0.15) is 5.10 Å². The lowest BCUT2D eigenvalue weighted by Crippen LogP contribution is -2.41. The highest BCUT2D eigenvalue weighted by Gasteiger charge is 2.21. The maximum absolute atomic E-state index is 12.5. The Hall–Kier alpha value is -4.01. The van der Waals surface area contributed by atoms with E-state index in [0.29, 0.717) is 11.4 Å². The fraction of sp³-hybridized carbons (Fsp3) is 0.150. The Morgan fingerprint density at radius 2 is 1.55 bits per heavy atom. The zero-order valence-electron chi connectivity index (χ0n) is 16.1. The van der Waals surface area contributed by atoms with Crippen LogP contribution >= 0.6 is 0 Å². The van der Waals surface area contributed by atoms with E-state index in [2.05, 4.69) is 21.0 Å². The molecule has 29 heavy (non-hydrogen) atoms. The first-order chi connectivity index (χ1) is 14.1. The normalized spacial score (nSPS) is 10.2. The van der Waals surface area contributed by atoms with Gasteiger partial charge in [0.25, 0.3) is 11.8 Å². The molecule has 0 bridgehead atoms. The topological polar surface area (TPSA) is 115 Å². The number of methoxy groups -OCH3 is 3. The summed E-state index contributed by atoms with van der Waals surface area (Å²) in [6, 6.07) is 14.1.